The number of ether oxygens (including phenoxy) is 2. The van der Waals surface area contributed by atoms with E-state index in [1.54, 1.807) is 30.3 Å². The number of amides is 1. The molecule has 0 saturated carbocycles. The summed E-state index contributed by atoms with van der Waals surface area (Å²) in [6, 6.07) is 9.95. The molecule has 0 saturated heterocycles. The lowest BCUT2D eigenvalue weighted by atomic mass is 9.95. The summed E-state index contributed by atoms with van der Waals surface area (Å²) in [7, 11) is 3.88. The van der Waals surface area contributed by atoms with Crippen LogP contribution in [0.15, 0.2) is 42.6 Å². The van der Waals surface area contributed by atoms with Crippen LogP contribution in [0.1, 0.15) is 11.1 Å². The SMILES string of the molecule is CN(C)CCOc1cc(/C(C=N)=C/N)ccc1NC(=O)C1COc2c(F)cccc2C1. The molecule has 31 heavy (non-hydrogen) atoms. The van der Waals surface area contributed by atoms with E-state index in [0.29, 0.717) is 47.7 Å². The molecule has 7 nitrogen and oxygen atoms in total. The van der Waals surface area contributed by atoms with E-state index in [-0.39, 0.29) is 18.3 Å². The van der Waals surface area contributed by atoms with Crippen molar-refractivity contribution < 1.29 is 18.7 Å². The molecule has 0 aliphatic carbocycles. The Kier molecular flexibility index (Phi) is 7.25. The number of allylic oxidation sites excluding steroid dienone is 1. The Morgan fingerprint density at radius 2 is 2.19 bits per heavy atom. The van der Waals surface area contributed by atoms with Crippen molar-refractivity contribution >= 4 is 23.4 Å². The topological polar surface area (TPSA) is 101 Å². The number of hydrogen-bond acceptors (Lipinski definition) is 6. The summed E-state index contributed by atoms with van der Waals surface area (Å²) in [5.41, 5.74) is 8.03. The van der Waals surface area contributed by atoms with Crippen LogP contribution in [0.25, 0.3) is 5.57 Å². The zero-order chi connectivity index (χ0) is 22.4. The molecule has 0 bridgehead atoms. The molecule has 1 heterocycles. The normalized spacial score (nSPS) is 15.7. The number of carbonyl (C=O) groups is 1. The van der Waals surface area contributed by atoms with Crippen molar-refractivity contribution in [2.24, 2.45) is 11.7 Å². The Hall–Kier alpha value is -3.39. The summed E-state index contributed by atoms with van der Waals surface area (Å²) in [6.07, 6.45) is 2.90. The molecule has 0 fully saturated rings. The first-order valence-electron chi connectivity index (χ1n) is 9.98. The summed E-state index contributed by atoms with van der Waals surface area (Å²) < 4.78 is 25.3. The number of fused-ring (bicyclic) bond motifs is 1. The van der Waals surface area contributed by atoms with Crippen LogP contribution < -0.4 is 20.5 Å². The second-order valence-electron chi connectivity index (χ2n) is 7.56. The third kappa shape index (κ3) is 5.40. The van der Waals surface area contributed by atoms with E-state index in [0.717, 1.165) is 6.21 Å². The fourth-order valence-corrected chi connectivity index (χ4v) is 3.28. The number of benzene rings is 2. The number of nitrogens with zero attached hydrogens (tertiary/aromatic N) is 1. The molecule has 0 aromatic heterocycles. The fourth-order valence-electron chi connectivity index (χ4n) is 3.28. The highest BCUT2D eigenvalue weighted by atomic mass is 19.1. The highest BCUT2D eigenvalue weighted by Gasteiger charge is 2.28. The average molecular weight is 426 g/mol. The smallest absolute Gasteiger partial charge is 0.231 e. The van der Waals surface area contributed by atoms with Gasteiger partial charge in [0.15, 0.2) is 11.6 Å². The highest BCUT2D eigenvalue weighted by molar-refractivity contribution is 6.08. The summed E-state index contributed by atoms with van der Waals surface area (Å²) >= 11 is 0. The van der Waals surface area contributed by atoms with Crippen LogP contribution in [0.5, 0.6) is 11.5 Å². The molecular formula is C23H27FN4O3. The summed E-state index contributed by atoms with van der Waals surface area (Å²) in [6.45, 7) is 1.22. The number of carbonyl (C=O) groups excluding carboxylic acids is 1. The van der Waals surface area contributed by atoms with Gasteiger partial charge in [-0.1, -0.05) is 18.2 Å². The molecule has 8 heteroatoms. The third-order valence-electron chi connectivity index (χ3n) is 5.02. The first kappa shape index (κ1) is 22.3. The Balaban J connectivity index is 1.78. The average Bonchev–Trinajstić information content (AvgIpc) is 2.75. The number of rotatable bonds is 8. The number of nitrogens with two attached hydrogens (primary N) is 1. The number of para-hydroxylation sites is 1. The molecule has 2 aromatic carbocycles. The van der Waals surface area contributed by atoms with Crippen LogP contribution in [0, 0.1) is 17.1 Å². The van der Waals surface area contributed by atoms with Crippen LogP contribution in [-0.4, -0.2) is 50.9 Å². The molecule has 164 valence electrons. The van der Waals surface area contributed by atoms with E-state index in [2.05, 4.69) is 5.32 Å². The molecule has 1 aliphatic rings. The number of hydrogen-bond donors (Lipinski definition) is 3. The minimum absolute atomic E-state index is 0.0997. The van der Waals surface area contributed by atoms with Gasteiger partial charge in [0, 0.05) is 24.5 Å². The predicted octanol–water partition coefficient (Wildman–Crippen LogP) is 2.91. The highest BCUT2D eigenvalue weighted by Crippen LogP contribution is 2.32. The molecule has 4 N–H and O–H groups in total. The Morgan fingerprint density at radius 3 is 2.90 bits per heavy atom. The van der Waals surface area contributed by atoms with Crippen LogP contribution in [0.4, 0.5) is 10.1 Å². The van der Waals surface area contributed by atoms with Crippen molar-refractivity contribution in [1.29, 1.82) is 5.41 Å². The monoisotopic (exact) mass is 426 g/mol. The van der Waals surface area contributed by atoms with Crippen molar-refractivity contribution in [2.45, 2.75) is 6.42 Å². The van der Waals surface area contributed by atoms with Gasteiger partial charge in [-0.3, -0.25) is 4.79 Å². The number of halogens is 1. The first-order chi connectivity index (χ1) is 14.9. The first-order valence-corrected chi connectivity index (χ1v) is 9.98. The molecule has 1 atom stereocenters. The van der Waals surface area contributed by atoms with Gasteiger partial charge >= 0.3 is 0 Å². The zero-order valence-electron chi connectivity index (χ0n) is 17.7. The van der Waals surface area contributed by atoms with Gasteiger partial charge in [0.25, 0.3) is 0 Å². The van der Waals surface area contributed by atoms with E-state index in [9.17, 15) is 9.18 Å². The third-order valence-corrected chi connectivity index (χ3v) is 5.02. The minimum Gasteiger partial charge on any atom is -0.490 e. The van der Waals surface area contributed by atoms with Gasteiger partial charge in [-0.2, -0.15) is 0 Å². The van der Waals surface area contributed by atoms with Gasteiger partial charge in [-0.05, 0) is 49.8 Å². The molecule has 0 radical (unpaired) electrons. The maximum Gasteiger partial charge on any atom is 0.231 e. The van der Waals surface area contributed by atoms with Gasteiger partial charge in [-0.25, -0.2) is 4.39 Å². The van der Waals surface area contributed by atoms with Crippen molar-refractivity contribution in [2.75, 3.05) is 39.2 Å². The molecule has 2 aromatic rings. The van der Waals surface area contributed by atoms with Crippen molar-refractivity contribution in [3.8, 4) is 11.5 Å². The van der Waals surface area contributed by atoms with E-state index >= 15 is 0 Å². The maximum atomic E-state index is 13.9. The quantitative estimate of drug-likeness (QED) is 0.564. The zero-order valence-corrected chi connectivity index (χ0v) is 17.7. The molecule has 1 aliphatic heterocycles. The maximum absolute atomic E-state index is 13.9. The predicted molar refractivity (Wildman–Crippen MR) is 119 cm³/mol. The van der Waals surface area contributed by atoms with Crippen LogP contribution in [-0.2, 0) is 11.2 Å². The molecule has 3 rings (SSSR count). The minimum atomic E-state index is -0.454. The lowest BCUT2D eigenvalue weighted by Gasteiger charge is -2.25. The van der Waals surface area contributed by atoms with E-state index in [4.69, 9.17) is 20.6 Å². The fraction of sp³-hybridized carbons (Fsp3) is 0.304. The largest absolute Gasteiger partial charge is 0.490 e. The second kappa shape index (κ2) is 10.1. The van der Waals surface area contributed by atoms with E-state index in [1.165, 1.54) is 12.3 Å². The lowest BCUT2D eigenvalue weighted by Crippen LogP contribution is -2.33. The Bertz CT molecular complexity index is 991. The van der Waals surface area contributed by atoms with Crippen molar-refractivity contribution in [3.63, 3.8) is 0 Å². The van der Waals surface area contributed by atoms with E-state index < -0.39 is 11.7 Å². The number of nitrogens with one attached hydrogen (secondary N) is 2. The lowest BCUT2D eigenvalue weighted by molar-refractivity contribution is -0.121. The molecule has 0 spiro atoms. The van der Waals surface area contributed by atoms with Gasteiger partial charge in [0.1, 0.15) is 19.0 Å². The Morgan fingerprint density at radius 1 is 1.39 bits per heavy atom. The summed E-state index contributed by atoms with van der Waals surface area (Å²) in [5.74, 6) is -0.404. The van der Waals surface area contributed by atoms with E-state index in [1.807, 2.05) is 19.0 Å². The molecular weight excluding hydrogens is 399 g/mol. The summed E-state index contributed by atoms with van der Waals surface area (Å²) in [5, 5.41) is 10.4. The van der Waals surface area contributed by atoms with Crippen LogP contribution in [0.2, 0.25) is 0 Å². The van der Waals surface area contributed by atoms with Crippen LogP contribution in [0.3, 0.4) is 0 Å². The standard InChI is InChI=1S/C23H27FN4O3/c1-28(2)8-9-30-21-11-15(18(12-25)13-26)6-7-20(21)27-23(29)17-10-16-4-3-5-19(24)22(16)31-14-17/h3-7,11-13,17,25H,8-10,14,26H2,1-2H3,(H,27,29)/b18-13+,25-12?. The second-order valence-corrected chi connectivity index (χ2v) is 7.56. The molecule has 1 amide bonds. The van der Waals surface area contributed by atoms with Gasteiger partial charge < -0.3 is 30.8 Å². The summed E-state index contributed by atoms with van der Waals surface area (Å²) in [4.78, 5) is 14.9. The van der Waals surface area contributed by atoms with Gasteiger partial charge in [0.05, 0.1) is 11.6 Å². The van der Waals surface area contributed by atoms with Gasteiger partial charge in [-0.15, -0.1) is 0 Å². The van der Waals surface area contributed by atoms with Crippen molar-refractivity contribution in [1.82, 2.24) is 4.90 Å². The van der Waals surface area contributed by atoms with Crippen molar-refractivity contribution in [3.05, 3.63) is 59.5 Å². The molecule has 1 unspecified atom stereocenters. The van der Waals surface area contributed by atoms with Gasteiger partial charge in [0.2, 0.25) is 5.91 Å². The van der Waals surface area contributed by atoms with Crippen LogP contribution >= 0.6 is 0 Å². The number of likely N-dealkylation sites (N-methyl/N-ethyl adjacent to an activating group) is 1. The Labute approximate surface area is 181 Å². The number of anilines is 1.